The minimum atomic E-state index is -1.12. The van der Waals surface area contributed by atoms with E-state index in [9.17, 15) is 14.7 Å². The van der Waals surface area contributed by atoms with Crippen molar-refractivity contribution in [2.75, 3.05) is 12.4 Å². The fourth-order valence-electron chi connectivity index (χ4n) is 1.99. The van der Waals surface area contributed by atoms with Crippen LogP contribution in [0, 0.1) is 0 Å². The van der Waals surface area contributed by atoms with E-state index in [-0.39, 0.29) is 17.9 Å². The van der Waals surface area contributed by atoms with Gasteiger partial charge in [-0.15, -0.1) is 0 Å². The first kappa shape index (κ1) is 16.3. The fourth-order valence-corrected chi connectivity index (χ4v) is 1.99. The maximum Gasteiger partial charge on any atom is 0.332 e. The van der Waals surface area contributed by atoms with Crippen LogP contribution in [-0.2, 0) is 9.59 Å². The normalized spacial score (nSPS) is 10.9. The van der Waals surface area contributed by atoms with Gasteiger partial charge in [-0.3, -0.25) is 4.79 Å². The molecule has 0 heterocycles. The predicted octanol–water partition coefficient (Wildman–Crippen LogP) is 3.19. The summed E-state index contributed by atoms with van der Waals surface area (Å²) in [7, 11) is 1.56. The Morgan fingerprint density at radius 1 is 1.09 bits per heavy atom. The van der Waals surface area contributed by atoms with Crippen LogP contribution in [-0.4, -0.2) is 24.1 Å². The molecule has 0 saturated carbocycles. The molecular weight excluding hydrogens is 294 g/mol. The molecule has 0 aliphatic heterocycles. The second kappa shape index (κ2) is 7.79. The number of rotatable bonds is 6. The van der Waals surface area contributed by atoms with Crippen molar-refractivity contribution in [2.24, 2.45) is 0 Å². The Balaban J connectivity index is 2.09. The molecule has 1 amide bonds. The molecule has 118 valence electrons. The van der Waals surface area contributed by atoms with Crippen molar-refractivity contribution in [1.29, 1.82) is 0 Å². The number of para-hydroxylation sites is 1. The highest BCUT2D eigenvalue weighted by Crippen LogP contribution is 2.16. The highest BCUT2D eigenvalue weighted by Gasteiger charge is 2.13. The minimum absolute atomic E-state index is 0.0172. The number of hydrogen-bond donors (Lipinski definition) is 2. The fraction of sp³-hybridized carbons (Fsp3) is 0.111. The standard InChI is InChI=1S/C18H17NO4/c1-23-16-9-7-13(8-10-16)11-14(18(21)22)12-17(20)19-15-5-3-2-4-6-15/h2-11H,12H2,1H3,(H,19,20)(H,21,22)/b14-11-. The number of benzene rings is 2. The third kappa shape index (κ3) is 5.00. The Morgan fingerprint density at radius 2 is 1.74 bits per heavy atom. The van der Waals surface area contributed by atoms with E-state index in [2.05, 4.69) is 5.32 Å². The minimum Gasteiger partial charge on any atom is -0.497 e. The van der Waals surface area contributed by atoms with Crippen molar-refractivity contribution in [1.82, 2.24) is 0 Å². The summed E-state index contributed by atoms with van der Waals surface area (Å²) < 4.78 is 5.05. The van der Waals surface area contributed by atoms with Crippen molar-refractivity contribution in [3.8, 4) is 5.75 Å². The third-order valence-corrected chi connectivity index (χ3v) is 3.14. The molecule has 0 aromatic heterocycles. The van der Waals surface area contributed by atoms with Crippen LogP contribution in [0.1, 0.15) is 12.0 Å². The number of carboxylic acids is 1. The van der Waals surface area contributed by atoms with Crippen LogP contribution in [0.5, 0.6) is 5.75 Å². The smallest absolute Gasteiger partial charge is 0.332 e. The molecule has 2 N–H and O–H groups in total. The number of carbonyl (C=O) groups excluding carboxylic acids is 1. The van der Waals surface area contributed by atoms with Gasteiger partial charge in [0.15, 0.2) is 0 Å². The molecule has 0 unspecified atom stereocenters. The molecule has 5 nitrogen and oxygen atoms in total. The van der Waals surface area contributed by atoms with Crippen molar-refractivity contribution in [2.45, 2.75) is 6.42 Å². The number of nitrogens with one attached hydrogen (secondary N) is 1. The number of amides is 1. The van der Waals surface area contributed by atoms with Crippen molar-refractivity contribution < 1.29 is 19.4 Å². The van der Waals surface area contributed by atoms with Gasteiger partial charge in [-0.05, 0) is 35.9 Å². The molecule has 2 aromatic carbocycles. The molecule has 0 fully saturated rings. The largest absolute Gasteiger partial charge is 0.497 e. The summed E-state index contributed by atoms with van der Waals surface area (Å²) in [6.45, 7) is 0. The molecule has 0 saturated heterocycles. The number of anilines is 1. The van der Waals surface area contributed by atoms with Gasteiger partial charge in [0.1, 0.15) is 5.75 Å². The van der Waals surface area contributed by atoms with Crippen LogP contribution in [0.15, 0.2) is 60.2 Å². The summed E-state index contributed by atoms with van der Waals surface area (Å²) in [4.78, 5) is 23.3. The van der Waals surface area contributed by atoms with Gasteiger partial charge in [0.2, 0.25) is 5.91 Å². The van der Waals surface area contributed by atoms with Gasteiger partial charge in [-0.25, -0.2) is 4.79 Å². The number of carboxylic acid groups (broad SMARTS) is 1. The molecular formula is C18H17NO4. The van der Waals surface area contributed by atoms with Crippen LogP contribution in [0.4, 0.5) is 5.69 Å². The molecule has 23 heavy (non-hydrogen) atoms. The van der Waals surface area contributed by atoms with E-state index in [0.29, 0.717) is 17.0 Å². The number of methoxy groups -OCH3 is 1. The SMILES string of the molecule is COc1ccc(/C=C(/CC(=O)Nc2ccccc2)C(=O)O)cc1. The Hall–Kier alpha value is -3.08. The number of carbonyl (C=O) groups is 2. The van der Waals surface area contributed by atoms with E-state index in [1.54, 1.807) is 55.6 Å². The van der Waals surface area contributed by atoms with Gasteiger partial charge in [-0.2, -0.15) is 0 Å². The predicted molar refractivity (Wildman–Crippen MR) is 88.3 cm³/mol. The molecule has 0 aliphatic carbocycles. The average Bonchev–Trinajstić information content (AvgIpc) is 2.55. The van der Waals surface area contributed by atoms with E-state index < -0.39 is 5.97 Å². The molecule has 2 rings (SSSR count). The summed E-state index contributed by atoms with van der Waals surface area (Å²) in [5, 5.41) is 11.9. The van der Waals surface area contributed by atoms with Crippen LogP contribution in [0.25, 0.3) is 6.08 Å². The number of hydrogen-bond acceptors (Lipinski definition) is 3. The lowest BCUT2D eigenvalue weighted by Gasteiger charge is -2.06. The second-order valence-corrected chi connectivity index (χ2v) is 4.84. The average molecular weight is 311 g/mol. The van der Waals surface area contributed by atoms with Crippen LogP contribution < -0.4 is 10.1 Å². The zero-order valence-corrected chi connectivity index (χ0v) is 12.7. The number of ether oxygens (including phenoxy) is 1. The van der Waals surface area contributed by atoms with Gasteiger partial charge in [-0.1, -0.05) is 30.3 Å². The van der Waals surface area contributed by atoms with E-state index in [4.69, 9.17) is 4.74 Å². The van der Waals surface area contributed by atoms with Gasteiger partial charge in [0, 0.05) is 11.3 Å². The van der Waals surface area contributed by atoms with Gasteiger partial charge >= 0.3 is 5.97 Å². The first-order chi connectivity index (χ1) is 11.1. The van der Waals surface area contributed by atoms with Crippen molar-refractivity contribution >= 4 is 23.6 Å². The quantitative estimate of drug-likeness (QED) is 0.803. The van der Waals surface area contributed by atoms with Crippen LogP contribution in [0.2, 0.25) is 0 Å². The molecule has 2 aromatic rings. The van der Waals surface area contributed by atoms with Gasteiger partial charge < -0.3 is 15.2 Å². The van der Waals surface area contributed by atoms with Gasteiger partial charge in [0.25, 0.3) is 0 Å². The molecule has 0 bridgehead atoms. The Bertz CT molecular complexity index is 706. The maximum absolute atomic E-state index is 12.0. The highest BCUT2D eigenvalue weighted by atomic mass is 16.5. The summed E-state index contributed by atoms with van der Waals surface area (Å²) in [5.74, 6) is -0.816. The lowest BCUT2D eigenvalue weighted by molar-refractivity contribution is -0.133. The molecule has 5 heteroatoms. The number of aliphatic carboxylic acids is 1. The zero-order chi connectivity index (χ0) is 16.7. The molecule has 0 radical (unpaired) electrons. The highest BCUT2D eigenvalue weighted by molar-refractivity contribution is 6.02. The summed E-state index contributed by atoms with van der Waals surface area (Å²) in [6, 6.07) is 15.8. The summed E-state index contributed by atoms with van der Waals surface area (Å²) in [5.41, 5.74) is 1.34. The Kier molecular flexibility index (Phi) is 5.52. The first-order valence-electron chi connectivity index (χ1n) is 7.01. The molecule has 0 spiro atoms. The van der Waals surface area contributed by atoms with E-state index >= 15 is 0 Å². The molecule has 0 aliphatic rings. The van der Waals surface area contributed by atoms with E-state index in [0.717, 1.165) is 0 Å². The van der Waals surface area contributed by atoms with Crippen molar-refractivity contribution in [3.05, 3.63) is 65.7 Å². The second-order valence-electron chi connectivity index (χ2n) is 4.84. The lowest BCUT2D eigenvalue weighted by atomic mass is 10.1. The van der Waals surface area contributed by atoms with Crippen LogP contribution >= 0.6 is 0 Å². The Morgan fingerprint density at radius 3 is 2.30 bits per heavy atom. The lowest BCUT2D eigenvalue weighted by Crippen LogP contribution is -2.15. The summed E-state index contributed by atoms with van der Waals surface area (Å²) >= 11 is 0. The first-order valence-corrected chi connectivity index (χ1v) is 7.01. The van der Waals surface area contributed by atoms with Crippen LogP contribution in [0.3, 0.4) is 0 Å². The Labute approximate surface area is 134 Å². The maximum atomic E-state index is 12.0. The van der Waals surface area contributed by atoms with Gasteiger partial charge in [0.05, 0.1) is 13.5 Å². The monoisotopic (exact) mass is 311 g/mol. The van der Waals surface area contributed by atoms with E-state index in [1.165, 1.54) is 6.08 Å². The van der Waals surface area contributed by atoms with Crippen molar-refractivity contribution in [3.63, 3.8) is 0 Å². The third-order valence-electron chi connectivity index (χ3n) is 3.14. The topological polar surface area (TPSA) is 75.6 Å². The summed E-state index contributed by atoms with van der Waals surface area (Å²) in [6.07, 6.45) is 1.27. The zero-order valence-electron chi connectivity index (χ0n) is 12.7. The van der Waals surface area contributed by atoms with E-state index in [1.807, 2.05) is 6.07 Å². The molecule has 0 atom stereocenters.